The normalized spacial score (nSPS) is 19.5. The Morgan fingerprint density at radius 2 is 1.07 bits per heavy atom. The van der Waals surface area contributed by atoms with Crippen molar-refractivity contribution in [3.63, 3.8) is 0 Å². The lowest BCUT2D eigenvalue weighted by atomic mass is 9.82. The fourth-order valence-electron chi connectivity index (χ4n) is 5.76. The summed E-state index contributed by atoms with van der Waals surface area (Å²) in [5, 5.41) is 3.07. The molecule has 5 rings (SSSR count). The lowest BCUT2D eigenvalue weighted by Crippen LogP contribution is -2.07. The van der Waals surface area contributed by atoms with Crippen molar-refractivity contribution in [2.24, 2.45) is 0 Å². The Kier molecular flexibility index (Phi) is 5.32. The summed E-state index contributed by atoms with van der Waals surface area (Å²) in [5.41, 5.74) is 2.41. The lowest BCUT2D eigenvalue weighted by Gasteiger charge is -2.23. The minimum atomic E-state index is -4.35. The molecule has 0 spiro atoms. The van der Waals surface area contributed by atoms with Crippen molar-refractivity contribution in [3.8, 4) is 0 Å². The van der Waals surface area contributed by atoms with Gasteiger partial charge >= 0.3 is 0 Å². The summed E-state index contributed by atoms with van der Waals surface area (Å²) in [4.78, 5) is 0.0883. The lowest BCUT2D eigenvalue weighted by molar-refractivity contribution is 0.444. The van der Waals surface area contributed by atoms with Crippen LogP contribution in [0, 0.1) is 0 Å². The highest BCUT2D eigenvalue weighted by Gasteiger charge is 2.23. The van der Waals surface area contributed by atoms with Crippen LogP contribution in [0.1, 0.15) is 87.2 Å². The fourth-order valence-corrected chi connectivity index (χ4v) is 6.67. The average molecular weight is 423 g/mol. The molecule has 0 amide bonds. The van der Waals surface area contributed by atoms with Crippen LogP contribution in [-0.4, -0.2) is 13.0 Å². The third kappa shape index (κ3) is 3.76. The average Bonchev–Trinajstić information content (AvgIpc) is 2.77. The molecular formula is C26H30O3S. The van der Waals surface area contributed by atoms with Crippen molar-refractivity contribution in [1.82, 2.24) is 0 Å². The summed E-state index contributed by atoms with van der Waals surface area (Å²) in [6, 6.07) is 14.5. The van der Waals surface area contributed by atoms with Gasteiger partial charge in [-0.25, -0.2) is 0 Å². The maximum absolute atomic E-state index is 12.6. The summed E-state index contributed by atoms with van der Waals surface area (Å²) in [6.45, 7) is 0. The van der Waals surface area contributed by atoms with Crippen LogP contribution in [0.5, 0.6) is 0 Å². The van der Waals surface area contributed by atoms with E-state index < -0.39 is 10.1 Å². The predicted molar refractivity (Wildman–Crippen MR) is 123 cm³/mol. The van der Waals surface area contributed by atoms with E-state index in [1.165, 1.54) is 49.7 Å². The Balaban J connectivity index is 1.72. The first-order valence-electron chi connectivity index (χ1n) is 11.5. The van der Waals surface area contributed by atoms with E-state index in [9.17, 15) is 13.0 Å². The van der Waals surface area contributed by atoms with Crippen molar-refractivity contribution in [2.45, 2.75) is 80.9 Å². The van der Waals surface area contributed by atoms with E-state index in [-0.39, 0.29) is 4.90 Å². The number of benzene rings is 3. The Morgan fingerprint density at radius 1 is 0.633 bits per heavy atom. The maximum Gasteiger partial charge on any atom is 0.295 e. The molecule has 0 saturated heterocycles. The zero-order valence-electron chi connectivity index (χ0n) is 17.4. The second-order valence-electron chi connectivity index (χ2n) is 9.31. The molecule has 0 unspecified atom stereocenters. The number of fused-ring (bicyclic) bond motifs is 2. The van der Waals surface area contributed by atoms with Crippen molar-refractivity contribution < 1.29 is 13.0 Å². The van der Waals surface area contributed by atoms with E-state index in [0.29, 0.717) is 22.6 Å². The molecule has 2 aliphatic rings. The van der Waals surface area contributed by atoms with Crippen LogP contribution in [0.15, 0.2) is 47.4 Å². The van der Waals surface area contributed by atoms with Crippen LogP contribution >= 0.6 is 0 Å². The molecule has 0 atom stereocenters. The van der Waals surface area contributed by atoms with Gasteiger partial charge in [0.2, 0.25) is 0 Å². The summed E-state index contributed by atoms with van der Waals surface area (Å²) >= 11 is 0. The molecule has 0 bridgehead atoms. The summed E-state index contributed by atoms with van der Waals surface area (Å²) in [5.74, 6) is 0.975. The molecule has 3 nitrogen and oxygen atoms in total. The minimum Gasteiger partial charge on any atom is -0.282 e. The molecule has 3 aromatic carbocycles. The van der Waals surface area contributed by atoms with Gasteiger partial charge in [0, 0.05) is 10.8 Å². The predicted octanol–water partition coefficient (Wildman–Crippen LogP) is 7.34. The van der Waals surface area contributed by atoms with Gasteiger partial charge in [0.25, 0.3) is 10.1 Å². The largest absolute Gasteiger partial charge is 0.295 e. The van der Waals surface area contributed by atoms with Crippen molar-refractivity contribution in [1.29, 1.82) is 0 Å². The maximum atomic E-state index is 12.6. The summed E-state index contributed by atoms with van der Waals surface area (Å²) in [7, 11) is -4.35. The van der Waals surface area contributed by atoms with E-state index in [4.69, 9.17) is 0 Å². The van der Waals surface area contributed by atoms with Crippen molar-refractivity contribution >= 4 is 31.7 Å². The third-order valence-electron chi connectivity index (χ3n) is 7.37. The second kappa shape index (κ2) is 7.97. The molecule has 4 heteroatoms. The van der Waals surface area contributed by atoms with Gasteiger partial charge in [-0.3, -0.25) is 4.55 Å². The first-order chi connectivity index (χ1) is 14.5. The molecule has 2 fully saturated rings. The monoisotopic (exact) mass is 422 g/mol. The van der Waals surface area contributed by atoms with Crippen molar-refractivity contribution in [2.75, 3.05) is 0 Å². The van der Waals surface area contributed by atoms with Crippen LogP contribution in [-0.2, 0) is 10.1 Å². The fraction of sp³-hybridized carbons (Fsp3) is 0.462. The Morgan fingerprint density at radius 3 is 1.47 bits per heavy atom. The van der Waals surface area contributed by atoms with Gasteiger partial charge in [-0.2, -0.15) is 8.42 Å². The molecule has 2 saturated carbocycles. The van der Waals surface area contributed by atoms with Gasteiger partial charge in [0.15, 0.2) is 0 Å². The van der Waals surface area contributed by atoms with E-state index in [1.54, 1.807) is 0 Å². The molecule has 2 aliphatic carbocycles. The number of rotatable bonds is 3. The highest BCUT2D eigenvalue weighted by Crippen LogP contribution is 2.40. The molecule has 0 aliphatic heterocycles. The molecular weight excluding hydrogens is 392 g/mol. The Bertz CT molecular complexity index is 1110. The molecule has 0 aromatic heterocycles. The van der Waals surface area contributed by atoms with Gasteiger partial charge in [-0.05, 0) is 77.6 Å². The SMILES string of the molecule is O=S(=O)(O)c1c2cc(C3CCCCC3)ccc2cc2ccc(C3CCCCC3)cc12. The van der Waals surface area contributed by atoms with E-state index in [2.05, 4.69) is 18.2 Å². The topological polar surface area (TPSA) is 54.4 Å². The van der Waals surface area contributed by atoms with Crippen LogP contribution in [0.4, 0.5) is 0 Å². The Hall–Kier alpha value is -1.91. The van der Waals surface area contributed by atoms with Gasteiger partial charge in [-0.15, -0.1) is 0 Å². The van der Waals surface area contributed by atoms with E-state index in [1.807, 2.05) is 24.3 Å². The van der Waals surface area contributed by atoms with Crippen LogP contribution in [0.25, 0.3) is 21.5 Å². The quantitative estimate of drug-likeness (QED) is 0.355. The molecule has 3 aromatic rings. The van der Waals surface area contributed by atoms with E-state index >= 15 is 0 Å². The van der Waals surface area contributed by atoms with Gasteiger partial charge in [0.05, 0.1) is 0 Å². The van der Waals surface area contributed by atoms with Crippen molar-refractivity contribution in [3.05, 3.63) is 53.6 Å². The first kappa shape index (κ1) is 20.0. The van der Waals surface area contributed by atoms with Crippen LogP contribution in [0.3, 0.4) is 0 Å². The summed E-state index contributed by atoms with van der Waals surface area (Å²) in [6.07, 6.45) is 12.1. The number of hydrogen-bond donors (Lipinski definition) is 1. The smallest absolute Gasteiger partial charge is 0.282 e. The van der Waals surface area contributed by atoms with Gasteiger partial charge in [0.1, 0.15) is 4.90 Å². The number of hydrogen-bond acceptors (Lipinski definition) is 2. The molecule has 0 heterocycles. The van der Waals surface area contributed by atoms with Gasteiger partial charge < -0.3 is 0 Å². The highest BCUT2D eigenvalue weighted by atomic mass is 32.2. The zero-order chi connectivity index (χ0) is 20.7. The van der Waals surface area contributed by atoms with Crippen LogP contribution in [0.2, 0.25) is 0 Å². The van der Waals surface area contributed by atoms with Gasteiger partial charge in [-0.1, -0.05) is 62.8 Å². The molecule has 0 radical (unpaired) electrons. The van der Waals surface area contributed by atoms with E-state index in [0.717, 1.165) is 36.5 Å². The third-order valence-corrected chi connectivity index (χ3v) is 8.32. The molecule has 158 valence electrons. The molecule has 1 N–H and O–H groups in total. The standard InChI is InChI=1S/C26H30O3S/c27-30(28,29)26-24-16-20(18-7-3-1-4-8-18)11-13-22(24)15-23-14-12-21(17-25(23)26)19-9-5-2-6-10-19/h11-19H,1-10H2,(H,27,28,29). The summed E-state index contributed by atoms with van der Waals surface area (Å²) < 4.78 is 35.4. The first-order valence-corrected chi connectivity index (χ1v) is 12.9. The minimum absolute atomic E-state index is 0.0883. The Labute approximate surface area is 179 Å². The zero-order valence-corrected chi connectivity index (χ0v) is 18.3. The highest BCUT2D eigenvalue weighted by molar-refractivity contribution is 7.86. The van der Waals surface area contributed by atoms with Crippen LogP contribution < -0.4 is 0 Å². The second-order valence-corrected chi connectivity index (χ2v) is 10.7. The molecule has 30 heavy (non-hydrogen) atoms.